The molecule has 28 valence electrons. The molecule has 0 aliphatic heterocycles. The van der Waals surface area contributed by atoms with Crippen LogP contribution in [0, 0.1) is 0 Å². The molecule has 6 heteroatoms. The Bertz CT molecular complexity index is 31.8. The molecule has 0 spiro atoms. The van der Waals surface area contributed by atoms with Crippen molar-refractivity contribution in [3.05, 3.63) is 0 Å². The molecule has 0 atom stereocenters. The van der Waals surface area contributed by atoms with Gasteiger partial charge in [0.25, 0.3) is 0 Å². The SMILES string of the molecule is O=S([O-])[O-].[Hg+].[Hg+]. The Morgan fingerprint density at radius 2 is 1.17 bits per heavy atom. The predicted molar refractivity (Wildman–Crippen MR) is 9.70 cm³/mol. The first-order valence-corrected chi connectivity index (χ1v) is 1.50. The van der Waals surface area contributed by atoms with Gasteiger partial charge >= 0.3 is 55.3 Å². The largest absolute Gasteiger partial charge is 1.00 e. The molecule has 0 rings (SSSR count). The summed E-state index contributed by atoms with van der Waals surface area (Å²) in [6.45, 7) is 0. The van der Waals surface area contributed by atoms with E-state index in [1.807, 2.05) is 0 Å². The third kappa shape index (κ3) is 38.5. The first-order chi connectivity index (χ1) is 1.73. The van der Waals surface area contributed by atoms with Crippen LogP contribution in [0.1, 0.15) is 0 Å². The molecule has 0 amide bonds. The van der Waals surface area contributed by atoms with Crippen LogP contribution >= 0.6 is 0 Å². The second-order valence-corrected chi connectivity index (χ2v) is 0.612. The second-order valence-electron chi connectivity index (χ2n) is 0.204. The molecule has 0 fully saturated rings. The van der Waals surface area contributed by atoms with Gasteiger partial charge < -0.3 is 9.11 Å². The number of hydrogen-bond donors (Lipinski definition) is 0. The fourth-order valence-electron chi connectivity index (χ4n) is 0. The standard InChI is InChI=1S/2Hg.H2O3S/c;;1-4(2)3/h;;(H2,1,2,3)/q2*+1;/p-2. The van der Waals surface area contributed by atoms with E-state index >= 15 is 0 Å². The molecule has 0 aromatic carbocycles. The molecular formula is Hg2O3S. The van der Waals surface area contributed by atoms with Crippen molar-refractivity contribution in [3.8, 4) is 0 Å². The molecule has 3 nitrogen and oxygen atoms in total. The zero-order valence-corrected chi connectivity index (χ0v) is 14.9. The molecule has 0 aromatic heterocycles. The van der Waals surface area contributed by atoms with Gasteiger partial charge in [-0.1, -0.05) is 0 Å². The van der Waals surface area contributed by atoms with Crippen LogP contribution in [0.5, 0.6) is 0 Å². The fourth-order valence-corrected chi connectivity index (χ4v) is 0. The Labute approximate surface area is 79.0 Å². The topological polar surface area (TPSA) is 63.2 Å². The molecule has 0 saturated carbocycles. The summed E-state index contributed by atoms with van der Waals surface area (Å²) in [5, 5.41) is 0. The first-order valence-electron chi connectivity index (χ1n) is 0.500. The molecule has 6 heavy (non-hydrogen) atoms. The van der Waals surface area contributed by atoms with Gasteiger partial charge in [0, 0.05) is 0 Å². The molecule has 0 aromatic rings. The summed E-state index contributed by atoms with van der Waals surface area (Å²) in [5.74, 6) is 0. The molecule has 0 heterocycles. The van der Waals surface area contributed by atoms with Gasteiger partial charge in [-0.15, -0.1) is 11.4 Å². The Balaban J connectivity index is -0.0000000450. The fraction of sp³-hybridized carbons (Fsp3) is 0. The van der Waals surface area contributed by atoms with E-state index < -0.39 is 11.4 Å². The van der Waals surface area contributed by atoms with E-state index in [1.165, 1.54) is 0 Å². The van der Waals surface area contributed by atoms with Crippen molar-refractivity contribution in [1.29, 1.82) is 0 Å². The van der Waals surface area contributed by atoms with Crippen LogP contribution in [-0.2, 0) is 66.7 Å². The van der Waals surface area contributed by atoms with Gasteiger partial charge in [0.2, 0.25) is 0 Å². The number of rotatable bonds is 0. The third-order valence-electron chi connectivity index (χ3n) is 0. The smallest absolute Gasteiger partial charge is 0.784 e. The Kier molecular flexibility index (Phi) is 26.2. The van der Waals surface area contributed by atoms with Crippen molar-refractivity contribution in [2.24, 2.45) is 0 Å². The van der Waals surface area contributed by atoms with Crippen LogP contribution in [0.2, 0.25) is 0 Å². The van der Waals surface area contributed by atoms with E-state index in [0.717, 1.165) is 0 Å². The van der Waals surface area contributed by atoms with Gasteiger partial charge in [-0.25, -0.2) is 0 Å². The van der Waals surface area contributed by atoms with Crippen LogP contribution in [0.25, 0.3) is 0 Å². The molecule has 0 unspecified atom stereocenters. The van der Waals surface area contributed by atoms with E-state index in [0.29, 0.717) is 0 Å². The van der Waals surface area contributed by atoms with Crippen LogP contribution in [-0.4, -0.2) is 13.3 Å². The average Bonchev–Trinajstić information content (AvgIpc) is 0.811. The Morgan fingerprint density at radius 3 is 1.17 bits per heavy atom. The monoisotopic (exact) mass is 484 g/mol. The molecule has 0 saturated heterocycles. The van der Waals surface area contributed by atoms with Crippen molar-refractivity contribution >= 4 is 11.4 Å². The summed E-state index contributed by atoms with van der Waals surface area (Å²) in [6.07, 6.45) is 0. The summed E-state index contributed by atoms with van der Waals surface area (Å²) < 4.78 is 25.3. The summed E-state index contributed by atoms with van der Waals surface area (Å²) in [6, 6.07) is 0. The van der Waals surface area contributed by atoms with Crippen molar-refractivity contribution < 1.29 is 68.7 Å². The van der Waals surface area contributed by atoms with Crippen molar-refractivity contribution in [3.63, 3.8) is 0 Å². The zero-order chi connectivity index (χ0) is 3.58. The summed E-state index contributed by atoms with van der Waals surface area (Å²) in [4.78, 5) is 0. The van der Waals surface area contributed by atoms with Crippen LogP contribution in [0.4, 0.5) is 0 Å². The van der Waals surface area contributed by atoms with E-state index in [9.17, 15) is 0 Å². The Morgan fingerprint density at radius 1 is 1.17 bits per heavy atom. The average molecular weight is 481 g/mol. The summed E-state index contributed by atoms with van der Waals surface area (Å²) >= 11 is -3.11. The number of hydrogen-bond acceptors (Lipinski definition) is 3. The minimum absolute atomic E-state index is 0. The molecule has 0 aliphatic carbocycles. The molecular weight excluding hydrogens is 481 g/mol. The molecule has 0 bridgehead atoms. The summed E-state index contributed by atoms with van der Waals surface area (Å²) in [5.41, 5.74) is 0. The van der Waals surface area contributed by atoms with E-state index in [-0.39, 0.29) is 55.3 Å². The van der Waals surface area contributed by atoms with Gasteiger partial charge in [0.15, 0.2) is 0 Å². The van der Waals surface area contributed by atoms with Crippen molar-refractivity contribution in [2.75, 3.05) is 0 Å². The maximum atomic E-state index is 8.44. The van der Waals surface area contributed by atoms with E-state index in [1.54, 1.807) is 0 Å². The van der Waals surface area contributed by atoms with Gasteiger partial charge in [-0.2, -0.15) is 0 Å². The normalized spacial score (nSPS) is 5.83. The zero-order valence-electron chi connectivity index (χ0n) is 3.05. The molecule has 2 radical (unpaired) electrons. The van der Waals surface area contributed by atoms with Gasteiger partial charge in [0.1, 0.15) is 0 Å². The van der Waals surface area contributed by atoms with Crippen LogP contribution in [0.15, 0.2) is 0 Å². The van der Waals surface area contributed by atoms with Gasteiger partial charge in [0.05, 0.1) is 0 Å². The molecule has 0 N–H and O–H groups in total. The third-order valence-corrected chi connectivity index (χ3v) is 0. The van der Waals surface area contributed by atoms with Gasteiger partial charge in [-0.3, -0.25) is 4.21 Å². The van der Waals surface area contributed by atoms with E-state index in [4.69, 9.17) is 13.3 Å². The second kappa shape index (κ2) is 10.0. The van der Waals surface area contributed by atoms with Crippen molar-refractivity contribution in [1.82, 2.24) is 0 Å². The first kappa shape index (κ1) is 15.7. The molecule has 0 aliphatic rings. The summed E-state index contributed by atoms with van der Waals surface area (Å²) in [7, 11) is 0. The maximum Gasteiger partial charge on any atom is 1.00 e. The quantitative estimate of drug-likeness (QED) is 0.329. The predicted octanol–water partition coefficient (Wildman–Crippen LogP) is -1.01. The van der Waals surface area contributed by atoms with Crippen LogP contribution < -0.4 is 0 Å². The van der Waals surface area contributed by atoms with Crippen LogP contribution in [0.3, 0.4) is 0 Å². The minimum Gasteiger partial charge on any atom is -0.784 e. The maximum absolute atomic E-state index is 8.44. The minimum atomic E-state index is -3.11. The van der Waals surface area contributed by atoms with E-state index in [2.05, 4.69) is 0 Å². The Hall–Kier alpha value is 1.94. The van der Waals surface area contributed by atoms with Crippen molar-refractivity contribution in [2.45, 2.75) is 0 Å². The van der Waals surface area contributed by atoms with Gasteiger partial charge in [-0.05, 0) is 0 Å².